The van der Waals surface area contributed by atoms with Gasteiger partial charge in [-0.3, -0.25) is 0 Å². The average molecular weight is 255 g/mol. The SMILES string of the molecule is CN(C)[C@H](C[C@H](O)c1ccccc1)c1ccccc1. The van der Waals surface area contributed by atoms with E-state index in [-0.39, 0.29) is 6.04 Å². The molecule has 2 aromatic carbocycles. The smallest absolute Gasteiger partial charge is 0.0808 e. The highest BCUT2D eigenvalue weighted by Gasteiger charge is 2.19. The number of aliphatic hydroxyl groups is 1. The molecule has 0 bridgehead atoms. The Morgan fingerprint density at radius 1 is 0.842 bits per heavy atom. The van der Waals surface area contributed by atoms with Crippen LogP contribution in [0.4, 0.5) is 0 Å². The van der Waals surface area contributed by atoms with Crippen molar-refractivity contribution < 1.29 is 5.11 Å². The Kier molecular flexibility index (Phi) is 4.72. The molecule has 0 heterocycles. The number of benzene rings is 2. The van der Waals surface area contributed by atoms with Gasteiger partial charge in [-0.15, -0.1) is 0 Å². The third-order valence-corrected chi connectivity index (χ3v) is 3.44. The zero-order valence-corrected chi connectivity index (χ0v) is 11.5. The normalized spacial score (nSPS) is 14.3. The van der Waals surface area contributed by atoms with E-state index < -0.39 is 6.10 Å². The van der Waals surface area contributed by atoms with Gasteiger partial charge in [-0.05, 0) is 31.6 Å². The topological polar surface area (TPSA) is 23.5 Å². The van der Waals surface area contributed by atoms with Gasteiger partial charge in [0, 0.05) is 6.04 Å². The maximum absolute atomic E-state index is 10.4. The summed E-state index contributed by atoms with van der Waals surface area (Å²) < 4.78 is 0. The van der Waals surface area contributed by atoms with Crippen LogP contribution in [0.3, 0.4) is 0 Å². The number of aliphatic hydroxyl groups excluding tert-OH is 1. The largest absolute Gasteiger partial charge is 0.388 e. The maximum Gasteiger partial charge on any atom is 0.0808 e. The summed E-state index contributed by atoms with van der Waals surface area (Å²) in [7, 11) is 4.10. The van der Waals surface area contributed by atoms with E-state index in [2.05, 4.69) is 31.1 Å². The van der Waals surface area contributed by atoms with E-state index in [0.717, 1.165) is 5.56 Å². The highest BCUT2D eigenvalue weighted by Crippen LogP contribution is 2.29. The molecule has 0 aliphatic rings. The summed E-state index contributed by atoms with van der Waals surface area (Å²) in [5.74, 6) is 0. The van der Waals surface area contributed by atoms with Crippen LogP contribution < -0.4 is 0 Å². The van der Waals surface area contributed by atoms with Gasteiger partial charge in [-0.1, -0.05) is 60.7 Å². The summed E-state index contributed by atoms with van der Waals surface area (Å²) in [6.07, 6.45) is 0.259. The van der Waals surface area contributed by atoms with Crippen molar-refractivity contribution in [2.24, 2.45) is 0 Å². The first-order valence-corrected chi connectivity index (χ1v) is 6.63. The Balaban J connectivity index is 2.14. The van der Waals surface area contributed by atoms with Crippen LogP contribution in [0.15, 0.2) is 60.7 Å². The molecule has 0 spiro atoms. The molecule has 0 aromatic heterocycles. The molecular weight excluding hydrogens is 234 g/mol. The Bertz CT molecular complexity index is 481. The molecule has 0 radical (unpaired) electrons. The van der Waals surface area contributed by atoms with Gasteiger partial charge in [0.15, 0.2) is 0 Å². The molecule has 2 nitrogen and oxygen atoms in total. The second-order valence-electron chi connectivity index (χ2n) is 5.05. The zero-order chi connectivity index (χ0) is 13.7. The fraction of sp³-hybridized carbons (Fsp3) is 0.294. The molecule has 0 unspecified atom stereocenters. The lowest BCUT2D eigenvalue weighted by Gasteiger charge is -2.27. The highest BCUT2D eigenvalue weighted by atomic mass is 16.3. The third kappa shape index (κ3) is 3.66. The van der Waals surface area contributed by atoms with Gasteiger partial charge in [0.05, 0.1) is 6.10 Å². The van der Waals surface area contributed by atoms with Gasteiger partial charge in [0.25, 0.3) is 0 Å². The number of nitrogens with zero attached hydrogens (tertiary/aromatic N) is 1. The quantitative estimate of drug-likeness (QED) is 0.885. The van der Waals surface area contributed by atoms with Crippen LogP contribution in [0.1, 0.15) is 29.7 Å². The van der Waals surface area contributed by atoms with Crippen LogP contribution in [-0.2, 0) is 0 Å². The lowest BCUT2D eigenvalue weighted by atomic mass is 9.96. The van der Waals surface area contributed by atoms with E-state index in [0.29, 0.717) is 6.42 Å². The Hall–Kier alpha value is -1.64. The molecular formula is C17H21NO. The van der Waals surface area contributed by atoms with Gasteiger partial charge in [0.2, 0.25) is 0 Å². The van der Waals surface area contributed by atoms with Crippen molar-refractivity contribution in [3.8, 4) is 0 Å². The molecule has 0 saturated carbocycles. The number of rotatable bonds is 5. The summed E-state index contributed by atoms with van der Waals surface area (Å²) in [6, 6.07) is 20.4. The standard InChI is InChI=1S/C17H21NO/c1-18(2)16(14-9-5-3-6-10-14)13-17(19)15-11-7-4-8-12-15/h3-12,16-17,19H,13H2,1-2H3/t16-,17+/m1/s1. The van der Waals surface area contributed by atoms with E-state index in [1.807, 2.05) is 48.5 Å². The van der Waals surface area contributed by atoms with Crippen molar-refractivity contribution in [2.45, 2.75) is 18.6 Å². The van der Waals surface area contributed by atoms with Crippen LogP contribution in [-0.4, -0.2) is 24.1 Å². The van der Waals surface area contributed by atoms with Gasteiger partial charge in [0.1, 0.15) is 0 Å². The summed E-state index contributed by atoms with van der Waals surface area (Å²) in [4.78, 5) is 2.15. The second-order valence-corrected chi connectivity index (χ2v) is 5.05. The number of hydrogen-bond acceptors (Lipinski definition) is 2. The van der Waals surface area contributed by atoms with E-state index in [1.165, 1.54) is 5.56 Å². The van der Waals surface area contributed by atoms with Gasteiger partial charge >= 0.3 is 0 Å². The van der Waals surface area contributed by atoms with Crippen LogP contribution in [0.25, 0.3) is 0 Å². The molecule has 2 rings (SSSR count). The second kappa shape index (κ2) is 6.50. The predicted octanol–water partition coefficient (Wildman–Crippen LogP) is 3.41. The molecule has 2 atom stereocenters. The van der Waals surface area contributed by atoms with Crippen molar-refractivity contribution in [3.05, 3.63) is 71.8 Å². The zero-order valence-electron chi connectivity index (χ0n) is 11.5. The minimum absolute atomic E-state index is 0.219. The fourth-order valence-corrected chi connectivity index (χ4v) is 2.34. The molecule has 2 aromatic rings. The minimum Gasteiger partial charge on any atom is -0.388 e. The molecule has 100 valence electrons. The fourth-order valence-electron chi connectivity index (χ4n) is 2.34. The molecule has 0 aliphatic heterocycles. The Morgan fingerprint density at radius 2 is 1.32 bits per heavy atom. The van der Waals surface area contributed by atoms with Crippen molar-refractivity contribution in [3.63, 3.8) is 0 Å². The van der Waals surface area contributed by atoms with Gasteiger partial charge in [-0.2, -0.15) is 0 Å². The molecule has 0 fully saturated rings. The van der Waals surface area contributed by atoms with E-state index >= 15 is 0 Å². The van der Waals surface area contributed by atoms with Crippen molar-refractivity contribution >= 4 is 0 Å². The summed E-state index contributed by atoms with van der Waals surface area (Å²) in [5, 5.41) is 10.4. The lowest BCUT2D eigenvalue weighted by Crippen LogP contribution is -2.22. The summed E-state index contributed by atoms with van der Waals surface area (Å²) in [6.45, 7) is 0. The molecule has 1 N–H and O–H groups in total. The van der Waals surface area contributed by atoms with Crippen LogP contribution in [0, 0.1) is 0 Å². The number of hydrogen-bond donors (Lipinski definition) is 1. The third-order valence-electron chi connectivity index (χ3n) is 3.44. The van der Waals surface area contributed by atoms with Crippen LogP contribution in [0.5, 0.6) is 0 Å². The summed E-state index contributed by atoms with van der Waals surface area (Å²) in [5.41, 5.74) is 2.22. The first kappa shape index (κ1) is 13.8. The Morgan fingerprint density at radius 3 is 1.79 bits per heavy atom. The van der Waals surface area contributed by atoms with E-state index in [9.17, 15) is 5.11 Å². The maximum atomic E-state index is 10.4. The van der Waals surface area contributed by atoms with Crippen molar-refractivity contribution in [1.29, 1.82) is 0 Å². The van der Waals surface area contributed by atoms with Crippen molar-refractivity contribution in [1.82, 2.24) is 4.90 Å². The van der Waals surface area contributed by atoms with Crippen LogP contribution in [0.2, 0.25) is 0 Å². The Labute approximate surface area is 115 Å². The average Bonchev–Trinajstić information content (AvgIpc) is 2.46. The minimum atomic E-state index is -0.436. The molecule has 0 amide bonds. The van der Waals surface area contributed by atoms with Gasteiger partial charge in [-0.25, -0.2) is 0 Å². The van der Waals surface area contributed by atoms with Crippen LogP contribution >= 0.6 is 0 Å². The first-order chi connectivity index (χ1) is 9.18. The monoisotopic (exact) mass is 255 g/mol. The lowest BCUT2D eigenvalue weighted by molar-refractivity contribution is 0.124. The van der Waals surface area contributed by atoms with Crippen molar-refractivity contribution in [2.75, 3.05) is 14.1 Å². The van der Waals surface area contributed by atoms with Gasteiger partial charge < -0.3 is 10.0 Å². The molecule has 0 aliphatic carbocycles. The molecule has 0 saturated heterocycles. The summed E-state index contributed by atoms with van der Waals surface area (Å²) >= 11 is 0. The first-order valence-electron chi connectivity index (χ1n) is 6.63. The molecule has 2 heteroatoms. The highest BCUT2D eigenvalue weighted by molar-refractivity contribution is 5.22. The predicted molar refractivity (Wildman–Crippen MR) is 78.9 cm³/mol. The van der Waals surface area contributed by atoms with E-state index in [4.69, 9.17) is 0 Å². The molecule has 19 heavy (non-hydrogen) atoms. The van der Waals surface area contributed by atoms with E-state index in [1.54, 1.807) is 0 Å².